The van der Waals surface area contributed by atoms with Crippen molar-refractivity contribution in [1.82, 2.24) is 0 Å². The van der Waals surface area contributed by atoms with Crippen molar-refractivity contribution in [2.24, 2.45) is 16.0 Å². The van der Waals surface area contributed by atoms with Crippen LogP contribution >= 0.6 is 122 Å². The summed E-state index contributed by atoms with van der Waals surface area (Å²) in [6, 6.07) is -1.60. The van der Waals surface area contributed by atoms with E-state index >= 15 is 0 Å². The fourth-order valence-corrected chi connectivity index (χ4v) is 3.43. The number of azide groups is 2. The van der Waals surface area contributed by atoms with Gasteiger partial charge in [0.2, 0.25) is 0 Å². The summed E-state index contributed by atoms with van der Waals surface area (Å²) >= 11 is 14.4. The van der Waals surface area contributed by atoms with Gasteiger partial charge in [0.05, 0.1) is 70.0 Å². The van der Waals surface area contributed by atoms with Crippen LogP contribution in [-0.4, -0.2) is 165 Å². The summed E-state index contributed by atoms with van der Waals surface area (Å²) in [6.07, 6.45) is -1.60. The molecular formula is C38H86I6N7O14V2-2. The number of hydrogen-bond donors (Lipinski definition) is 5. The number of alkyl halides is 1. The summed E-state index contributed by atoms with van der Waals surface area (Å²) in [5.41, 5.74) is 22.4. The molecule has 67 heavy (non-hydrogen) atoms. The predicted molar refractivity (Wildman–Crippen MR) is 313 cm³/mol. The molecule has 2 heterocycles. The van der Waals surface area contributed by atoms with Crippen molar-refractivity contribution in [3.05, 3.63) is 35.7 Å². The molecule has 411 valence electrons. The Kier molecular flexibility index (Phi) is 73.1. The smallest absolute Gasteiger partial charge is 0.0886 e. The molecule has 29 heteroatoms. The van der Waals surface area contributed by atoms with E-state index in [4.69, 9.17) is 84.6 Å². The molecular weight excluding hydrogens is 1640 g/mol. The monoisotopic (exact) mass is 1730 g/mol. The van der Waals surface area contributed by atoms with Crippen LogP contribution < -0.4 is 5.73 Å². The molecule has 0 amide bonds. The Balaban J connectivity index is -0.0000000895. The molecule has 21 nitrogen and oxygen atoms in total. The Labute approximate surface area is 484 Å². The molecule has 0 aliphatic carbocycles. The number of rotatable bonds is 17. The van der Waals surface area contributed by atoms with Gasteiger partial charge in [0.1, 0.15) is 6.10 Å². The molecule has 0 aromatic heterocycles. The fourth-order valence-electron chi connectivity index (χ4n) is 3.43. The molecule has 0 aromatic rings. The summed E-state index contributed by atoms with van der Waals surface area (Å²) in [5, 5.41) is 39.8. The van der Waals surface area contributed by atoms with E-state index in [2.05, 4.69) is 149 Å². The molecule has 0 saturated carbocycles. The van der Waals surface area contributed by atoms with Crippen LogP contribution in [-0.2, 0) is 61.8 Å². The summed E-state index contributed by atoms with van der Waals surface area (Å²) in [7, 11) is 7.01. The first-order valence-corrected chi connectivity index (χ1v) is 43.2. The minimum atomic E-state index is -1.18. The van der Waals surface area contributed by atoms with E-state index in [0.29, 0.717) is 29.3 Å². The van der Waals surface area contributed by atoms with E-state index < -0.39 is 60.3 Å². The van der Waals surface area contributed by atoms with Crippen molar-refractivity contribution >= 4 is 122 Å². The summed E-state index contributed by atoms with van der Waals surface area (Å²) in [5.74, 6) is -2.95. The van der Waals surface area contributed by atoms with Gasteiger partial charge in [-0.3, -0.25) is 0 Å². The Hall–Kier alpha value is 3.57. The third kappa shape index (κ3) is 62.0. The molecule has 0 unspecified atom stereocenters. The zero-order chi connectivity index (χ0) is 51.8. The van der Waals surface area contributed by atoms with E-state index in [1.807, 2.05) is 55.4 Å². The zero-order valence-corrected chi connectivity index (χ0v) is 57.7. The van der Waals surface area contributed by atoms with Crippen LogP contribution in [0.2, 0.25) is 0 Å². The van der Waals surface area contributed by atoms with E-state index in [0.717, 1.165) is 0 Å². The van der Waals surface area contributed by atoms with Gasteiger partial charge in [0, 0.05) is 44.9 Å². The van der Waals surface area contributed by atoms with E-state index in [1.165, 1.54) is 4.43 Å². The average molecular weight is 1730 g/mol. The molecule has 2 fully saturated rings. The maximum atomic E-state index is 8.77. The first-order chi connectivity index (χ1) is 29.4. The van der Waals surface area contributed by atoms with Crippen molar-refractivity contribution in [1.29, 1.82) is 0 Å². The van der Waals surface area contributed by atoms with Gasteiger partial charge in [0.15, 0.2) is 28.9 Å². The van der Waals surface area contributed by atoms with Gasteiger partial charge in [-0.1, -0.05) is 47.2 Å². The fraction of sp³-hybridized carbons (Fsp3) is 0.947. The third-order valence-corrected chi connectivity index (χ3v) is 7.38. The normalized spacial score (nSPS) is 17.9. The summed E-state index contributed by atoms with van der Waals surface area (Å²) in [4.78, 5) is 4.92. The minimum Gasteiger partial charge on any atom is -0.396 e. The quantitative estimate of drug-likeness (QED) is 0.0172. The maximum Gasteiger partial charge on any atom is 0.0886 e. The number of nitrogens with two attached hydrogens (primary N) is 1. The molecule has 2 saturated heterocycles. The van der Waals surface area contributed by atoms with Gasteiger partial charge < -0.3 is 88.4 Å². The zero-order valence-electron chi connectivity index (χ0n) is 41.9. The van der Waals surface area contributed by atoms with Crippen LogP contribution in [0.25, 0.3) is 20.9 Å². The number of halogens is 6. The number of hydrogen-bond acceptors (Lipinski definition) is 17. The molecule has 0 radical (unpaired) electrons. The molecule has 2 aliphatic rings. The average Bonchev–Trinajstić information content (AvgIpc) is 3.78. The molecule has 0 bridgehead atoms. The molecule has 2 rings (SSSR count). The van der Waals surface area contributed by atoms with E-state index in [-0.39, 0.29) is 58.7 Å². The standard InChI is InChI=1S/C11H21N3O4.C11H23NO4.C5H12O2.C4H9N3O3.C2H5I.C2H6O.CH4.2CH3.5HI.2V/c1-10(2,15-5)16-6-8(13-14-12)9-7-17-11(3,4)18-9;1-10(2,13-5)14-6-8(12)9-7-15-11(3,4)16-9;1-5(2,6-3)7-4;5-7-6-3(1-8)4(10)2-9;2*1-2-3;;;;;;;;;;/h8-9H,6-7H2,1-5H3;8-9H,6-7,12H2,1-5H3;1-4H3;3-4,8-10H,1-2H2;2H2,1H3;3H,2H2,1H3;1H4;2*1H3;5*1H;;/q;;;;;;;2*-1;;;;;;+2;+3/p-5/t2*8-,9+;;3-,4+;;;;;;;;;;;;/m00.0............/s1. The second kappa shape index (κ2) is 54.4. The summed E-state index contributed by atoms with van der Waals surface area (Å²) < 4.78 is 54.5. The van der Waals surface area contributed by atoms with Gasteiger partial charge in [-0.05, 0) is 91.7 Å². The van der Waals surface area contributed by atoms with E-state index in [9.17, 15) is 0 Å². The van der Waals surface area contributed by atoms with Crippen LogP contribution in [0.1, 0.15) is 90.5 Å². The Morgan fingerprint density at radius 1 is 0.746 bits per heavy atom. The Morgan fingerprint density at radius 3 is 1.30 bits per heavy atom. The van der Waals surface area contributed by atoms with Crippen molar-refractivity contribution in [3.63, 3.8) is 0 Å². The molecule has 6 N–H and O–H groups in total. The second-order valence-electron chi connectivity index (χ2n) is 14.4. The molecule has 6 atom stereocenters. The van der Waals surface area contributed by atoms with E-state index in [1.54, 1.807) is 49.2 Å². The van der Waals surface area contributed by atoms with Crippen LogP contribution in [0.4, 0.5) is 0 Å². The topological polar surface area (TPSA) is 297 Å². The van der Waals surface area contributed by atoms with Crippen molar-refractivity contribution in [3.8, 4) is 0 Å². The van der Waals surface area contributed by atoms with Crippen molar-refractivity contribution < 1.29 is 82.2 Å². The first kappa shape index (κ1) is 90.1. The minimum absolute atomic E-state index is 0. The molecule has 0 aromatic carbocycles. The van der Waals surface area contributed by atoms with Crippen molar-refractivity contribution in [2.45, 2.75) is 156 Å². The Morgan fingerprint density at radius 2 is 1.06 bits per heavy atom. The van der Waals surface area contributed by atoms with Crippen LogP contribution in [0.15, 0.2) is 10.2 Å². The van der Waals surface area contributed by atoms with Crippen LogP contribution in [0, 0.1) is 14.9 Å². The van der Waals surface area contributed by atoms with Gasteiger partial charge in [-0.15, -0.1) is 0 Å². The SMILES string of the molecule is C.CCI.CCO.COC(C)(C)OC.COC(C)(C)OC[C@H](N)[C@H]1COC(C)(C)O1.COC(C)(C)OC[C@H](N=[N+]=[N-])[C@H]1COC(C)(C)O1.[CH3-].[CH3-].[I][V]([I])[I].[I][V][I].[N-]=[N+]=N[C@@H](CO)[C@H](O)CO. The van der Waals surface area contributed by atoms with Gasteiger partial charge >= 0.3 is 114 Å². The largest absolute Gasteiger partial charge is 0.396 e. The van der Waals surface area contributed by atoms with Crippen LogP contribution in [0.3, 0.4) is 0 Å². The molecule has 2 aliphatic heterocycles. The number of nitrogens with zero attached hydrogens (tertiary/aromatic N) is 6. The third-order valence-electron chi connectivity index (χ3n) is 7.38. The van der Waals surface area contributed by atoms with Gasteiger partial charge in [0.25, 0.3) is 0 Å². The summed E-state index contributed by atoms with van der Waals surface area (Å²) in [6.45, 7) is 22.9. The number of aliphatic hydroxyl groups excluding tert-OH is 4. The number of ether oxygens (including phenoxy) is 10. The number of aliphatic hydroxyl groups is 4. The predicted octanol–water partition coefficient (Wildman–Crippen LogP) is 10.5. The Bertz CT molecular complexity index is 1170. The van der Waals surface area contributed by atoms with Crippen molar-refractivity contribution in [2.75, 3.05) is 79.1 Å². The molecule has 0 spiro atoms. The number of methoxy groups -OCH3 is 4. The van der Waals surface area contributed by atoms with Gasteiger partial charge in [-0.2, -0.15) is 0 Å². The first-order valence-electron chi connectivity index (χ1n) is 19.1. The maximum absolute atomic E-state index is 8.77. The van der Waals surface area contributed by atoms with Gasteiger partial charge in [-0.25, -0.2) is 0 Å². The van der Waals surface area contributed by atoms with Crippen LogP contribution in [0.5, 0.6) is 0 Å². The second-order valence-corrected chi connectivity index (χ2v) is 63.0.